The van der Waals surface area contributed by atoms with Crippen molar-refractivity contribution in [3.05, 3.63) is 24.1 Å². The minimum absolute atomic E-state index is 0.0489. The summed E-state index contributed by atoms with van der Waals surface area (Å²) >= 11 is 0. The van der Waals surface area contributed by atoms with Gasteiger partial charge in [0.1, 0.15) is 0 Å². The summed E-state index contributed by atoms with van der Waals surface area (Å²) in [6, 6.07) is 2.30. The van der Waals surface area contributed by atoms with Crippen LogP contribution in [-0.4, -0.2) is 47.5 Å². The number of hydrogen-bond acceptors (Lipinski definition) is 4. The van der Waals surface area contributed by atoms with Crippen molar-refractivity contribution in [2.75, 3.05) is 24.5 Å². The Kier molecular flexibility index (Phi) is 2.39. The van der Waals surface area contributed by atoms with E-state index >= 15 is 0 Å². The molecule has 0 spiro atoms. The van der Waals surface area contributed by atoms with Crippen molar-refractivity contribution < 1.29 is 14.0 Å². The van der Waals surface area contributed by atoms with Gasteiger partial charge in [0, 0.05) is 19.3 Å². The largest absolute Gasteiger partial charge is 0.350 e. The zero-order chi connectivity index (χ0) is 12.7. The van der Waals surface area contributed by atoms with Crippen molar-refractivity contribution in [1.29, 1.82) is 0 Å². The highest BCUT2D eigenvalue weighted by molar-refractivity contribution is 6.02. The first kappa shape index (κ1) is 10.9. The molecule has 0 unspecified atom stereocenters. The average molecular weight is 250 g/mol. The van der Waals surface area contributed by atoms with E-state index in [-0.39, 0.29) is 30.3 Å². The Morgan fingerprint density at radius 2 is 2.17 bits per heavy atom. The van der Waals surface area contributed by atoms with Gasteiger partial charge >= 0.3 is 6.03 Å². The predicted octanol–water partition coefficient (Wildman–Crippen LogP) is -0.0389. The Hall–Kier alpha value is -2.18. The van der Waals surface area contributed by atoms with Gasteiger partial charge in [-0.2, -0.15) is 0 Å². The lowest BCUT2D eigenvalue weighted by Crippen LogP contribution is -2.61. The van der Waals surface area contributed by atoms with Gasteiger partial charge in [-0.05, 0) is 12.1 Å². The van der Waals surface area contributed by atoms with E-state index in [4.69, 9.17) is 0 Å². The average Bonchev–Trinajstić information content (AvgIpc) is 2.61. The Morgan fingerprint density at radius 3 is 2.78 bits per heavy atom. The first-order chi connectivity index (χ1) is 8.66. The lowest BCUT2D eigenvalue weighted by molar-refractivity contribution is -0.126. The zero-order valence-electron chi connectivity index (χ0n) is 9.47. The quantitative estimate of drug-likeness (QED) is 0.748. The van der Waals surface area contributed by atoms with Crippen LogP contribution in [0.1, 0.15) is 0 Å². The third kappa shape index (κ3) is 1.59. The number of rotatable bonds is 2. The summed E-state index contributed by atoms with van der Waals surface area (Å²) in [4.78, 5) is 29.7. The van der Waals surface area contributed by atoms with Crippen LogP contribution in [0.25, 0.3) is 0 Å². The molecule has 2 fully saturated rings. The monoisotopic (exact) mass is 250 g/mol. The second kappa shape index (κ2) is 3.94. The number of nitrogens with one attached hydrogen (secondary N) is 1. The van der Waals surface area contributed by atoms with E-state index in [0.29, 0.717) is 13.1 Å². The van der Waals surface area contributed by atoms with E-state index in [1.54, 1.807) is 4.90 Å². The molecule has 3 rings (SSSR count). The van der Waals surface area contributed by atoms with E-state index < -0.39 is 5.82 Å². The maximum Gasteiger partial charge on any atom is 0.324 e. The molecule has 0 saturated carbocycles. The van der Waals surface area contributed by atoms with E-state index in [1.165, 1.54) is 23.2 Å². The van der Waals surface area contributed by atoms with Crippen molar-refractivity contribution in [2.24, 2.45) is 0 Å². The van der Waals surface area contributed by atoms with E-state index in [0.717, 1.165) is 0 Å². The Morgan fingerprint density at radius 1 is 1.39 bits per heavy atom. The van der Waals surface area contributed by atoms with Crippen LogP contribution in [0.4, 0.5) is 15.0 Å². The molecule has 0 aliphatic carbocycles. The fourth-order valence-electron chi connectivity index (χ4n) is 2.21. The third-order valence-electron chi connectivity index (χ3n) is 3.14. The van der Waals surface area contributed by atoms with Crippen LogP contribution in [0.15, 0.2) is 18.3 Å². The molecule has 3 amide bonds. The third-order valence-corrected chi connectivity index (χ3v) is 3.14. The molecule has 0 aromatic carbocycles. The first-order valence-electron chi connectivity index (χ1n) is 5.62. The summed E-state index contributed by atoms with van der Waals surface area (Å²) in [5.74, 6) is -0.361. The topological polar surface area (TPSA) is 65.5 Å². The molecule has 0 radical (unpaired) electrons. The van der Waals surface area contributed by atoms with Gasteiger partial charge in [-0.1, -0.05) is 0 Å². The van der Waals surface area contributed by atoms with Crippen LogP contribution >= 0.6 is 0 Å². The molecule has 1 aromatic heterocycles. The highest BCUT2D eigenvalue weighted by Crippen LogP contribution is 2.24. The van der Waals surface area contributed by atoms with Crippen LogP contribution in [0, 0.1) is 5.82 Å². The van der Waals surface area contributed by atoms with E-state index in [9.17, 15) is 14.0 Å². The van der Waals surface area contributed by atoms with E-state index in [1.807, 2.05) is 0 Å². The molecule has 2 aliphatic rings. The van der Waals surface area contributed by atoms with Crippen molar-refractivity contribution in [3.63, 3.8) is 0 Å². The standard InChI is InChI=1S/C11H11FN4O2/c12-8-2-1-3-13-10(8)15-5-7(6-15)16-9(17)4-14-11(16)18/h1-3,7H,4-6H2,(H,14,18). The van der Waals surface area contributed by atoms with Gasteiger partial charge in [0.2, 0.25) is 5.91 Å². The molecule has 6 nitrogen and oxygen atoms in total. The number of imide groups is 1. The summed E-state index contributed by atoms with van der Waals surface area (Å²) in [7, 11) is 0. The van der Waals surface area contributed by atoms with Gasteiger partial charge in [-0.3, -0.25) is 9.69 Å². The van der Waals surface area contributed by atoms with Crippen molar-refractivity contribution in [2.45, 2.75) is 6.04 Å². The Bertz CT molecular complexity index is 500. The number of pyridine rings is 1. The number of hydrogen-bond donors (Lipinski definition) is 1. The van der Waals surface area contributed by atoms with Gasteiger partial charge in [0.15, 0.2) is 11.6 Å². The number of urea groups is 1. The van der Waals surface area contributed by atoms with Crippen LogP contribution in [0.5, 0.6) is 0 Å². The molecule has 2 aliphatic heterocycles. The molecule has 18 heavy (non-hydrogen) atoms. The number of aromatic nitrogens is 1. The fourth-order valence-corrected chi connectivity index (χ4v) is 2.21. The minimum Gasteiger partial charge on any atom is -0.350 e. The second-order valence-electron chi connectivity index (χ2n) is 4.29. The minimum atomic E-state index is -0.395. The van der Waals surface area contributed by atoms with Gasteiger partial charge < -0.3 is 10.2 Å². The summed E-state index contributed by atoms with van der Waals surface area (Å²) in [5, 5.41) is 2.46. The van der Waals surface area contributed by atoms with Gasteiger partial charge in [0.25, 0.3) is 0 Å². The van der Waals surface area contributed by atoms with Crippen LogP contribution in [0.3, 0.4) is 0 Å². The maximum absolute atomic E-state index is 13.5. The van der Waals surface area contributed by atoms with Crippen molar-refractivity contribution in [1.82, 2.24) is 15.2 Å². The molecule has 2 saturated heterocycles. The van der Waals surface area contributed by atoms with Crippen molar-refractivity contribution in [3.8, 4) is 0 Å². The van der Waals surface area contributed by atoms with Gasteiger partial charge in [0.05, 0.1) is 12.6 Å². The van der Waals surface area contributed by atoms with Crippen LogP contribution < -0.4 is 10.2 Å². The molecule has 1 aromatic rings. The molecule has 3 heterocycles. The van der Waals surface area contributed by atoms with Crippen LogP contribution in [0.2, 0.25) is 0 Å². The SMILES string of the molecule is O=C1CNC(=O)N1C1CN(c2ncccc2F)C1. The molecular formula is C11H11FN4O2. The summed E-state index contributed by atoms with van der Waals surface area (Å²) in [6.07, 6.45) is 1.51. The Labute approximate surface area is 102 Å². The van der Waals surface area contributed by atoms with Crippen LogP contribution in [-0.2, 0) is 4.79 Å². The van der Waals surface area contributed by atoms with Gasteiger partial charge in [-0.15, -0.1) is 0 Å². The number of amides is 3. The maximum atomic E-state index is 13.5. The normalized spacial score (nSPS) is 20.1. The van der Waals surface area contributed by atoms with E-state index in [2.05, 4.69) is 10.3 Å². The molecule has 0 bridgehead atoms. The Balaban J connectivity index is 1.69. The molecular weight excluding hydrogens is 239 g/mol. The number of nitrogens with zero attached hydrogens (tertiary/aromatic N) is 3. The number of anilines is 1. The molecule has 1 N–H and O–H groups in total. The summed E-state index contributed by atoms with van der Waals surface area (Å²) < 4.78 is 13.5. The predicted molar refractivity (Wildman–Crippen MR) is 60.4 cm³/mol. The van der Waals surface area contributed by atoms with Crippen molar-refractivity contribution >= 4 is 17.8 Å². The molecule has 7 heteroatoms. The lowest BCUT2D eigenvalue weighted by atomic mass is 10.1. The first-order valence-corrected chi connectivity index (χ1v) is 5.62. The zero-order valence-corrected chi connectivity index (χ0v) is 9.47. The smallest absolute Gasteiger partial charge is 0.324 e. The summed E-state index contributed by atoms with van der Waals surface area (Å²) in [5.41, 5.74) is 0. The number of halogens is 1. The highest BCUT2D eigenvalue weighted by Gasteiger charge is 2.42. The fraction of sp³-hybridized carbons (Fsp3) is 0.364. The highest BCUT2D eigenvalue weighted by atomic mass is 19.1. The number of carbonyl (C=O) groups is 2. The molecule has 0 atom stereocenters. The summed E-state index contributed by atoms with van der Waals surface area (Å²) in [6.45, 7) is 0.896. The number of carbonyl (C=O) groups excluding carboxylic acids is 2. The van der Waals surface area contributed by atoms with Gasteiger partial charge in [-0.25, -0.2) is 14.2 Å². The molecule has 94 valence electrons. The second-order valence-corrected chi connectivity index (χ2v) is 4.29. The lowest BCUT2D eigenvalue weighted by Gasteiger charge is -2.43.